The maximum absolute atomic E-state index is 12.1. The van der Waals surface area contributed by atoms with Crippen molar-refractivity contribution in [1.29, 1.82) is 0 Å². The maximum atomic E-state index is 12.1. The Morgan fingerprint density at radius 1 is 1.38 bits per heavy atom. The van der Waals surface area contributed by atoms with Gasteiger partial charge in [0.25, 0.3) is 0 Å². The average molecular weight is 308 g/mol. The molecule has 3 N–H and O–H groups in total. The number of carboxylic acids is 1. The van der Waals surface area contributed by atoms with Crippen molar-refractivity contribution in [1.82, 2.24) is 10.6 Å². The van der Waals surface area contributed by atoms with E-state index in [-0.39, 0.29) is 11.9 Å². The van der Waals surface area contributed by atoms with E-state index < -0.39 is 12.0 Å². The molecule has 1 unspecified atom stereocenters. The molecule has 0 bridgehead atoms. The third-order valence-corrected chi connectivity index (χ3v) is 4.48. The highest BCUT2D eigenvalue weighted by atomic mass is 32.2. The van der Waals surface area contributed by atoms with Crippen LogP contribution in [0.2, 0.25) is 0 Å². The highest BCUT2D eigenvalue weighted by Gasteiger charge is 2.26. The monoisotopic (exact) mass is 308 g/mol. The number of nitrogens with one attached hydrogen (secondary N) is 2. The summed E-state index contributed by atoms with van der Waals surface area (Å²) < 4.78 is 0. The smallest absolute Gasteiger partial charge is 0.326 e. The van der Waals surface area contributed by atoms with Gasteiger partial charge in [-0.2, -0.15) is 11.8 Å². The Hall–Kier alpha value is -1.53. The van der Waals surface area contributed by atoms with Crippen molar-refractivity contribution in [2.75, 3.05) is 18.1 Å². The van der Waals surface area contributed by atoms with E-state index in [9.17, 15) is 14.7 Å². The summed E-state index contributed by atoms with van der Waals surface area (Å²) in [6, 6.07) is 8.56. The first-order valence-corrected chi connectivity index (χ1v) is 8.20. The van der Waals surface area contributed by atoms with Crippen molar-refractivity contribution in [3.63, 3.8) is 0 Å². The van der Waals surface area contributed by atoms with Gasteiger partial charge in [-0.15, -0.1) is 0 Å². The van der Waals surface area contributed by atoms with Gasteiger partial charge in [0.1, 0.15) is 6.04 Å². The number of aryl methyl sites for hydroxylation is 1. The molecule has 0 aromatic heterocycles. The van der Waals surface area contributed by atoms with Gasteiger partial charge < -0.3 is 15.7 Å². The number of amides is 1. The molecular formula is C15H20N2O3S. The largest absolute Gasteiger partial charge is 0.480 e. The van der Waals surface area contributed by atoms with Gasteiger partial charge in [-0.3, -0.25) is 4.79 Å². The Morgan fingerprint density at radius 3 is 2.76 bits per heavy atom. The van der Waals surface area contributed by atoms with Crippen LogP contribution in [0.4, 0.5) is 0 Å². The number of hydrogen-bond donors (Lipinski definition) is 3. The van der Waals surface area contributed by atoms with Crippen molar-refractivity contribution >= 4 is 23.6 Å². The lowest BCUT2D eigenvalue weighted by Crippen LogP contribution is -2.53. The summed E-state index contributed by atoms with van der Waals surface area (Å²) in [5.41, 5.74) is 1.07. The lowest BCUT2D eigenvalue weighted by Gasteiger charge is -2.24. The van der Waals surface area contributed by atoms with Crippen molar-refractivity contribution in [3.05, 3.63) is 35.9 Å². The van der Waals surface area contributed by atoms with Gasteiger partial charge in [-0.25, -0.2) is 4.79 Å². The number of carbonyl (C=O) groups is 2. The van der Waals surface area contributed by atoms with Gasteiger partial charge in [0.15, 0.2) is 0 Å². The van der Waals surface area contributed by atoms with E-state index in [4.69, 9.17) is 0 Å². The lowest BCUT2D eigenvalue weighted by atomic mass is 10.0. The molecule has 6 heteroatoms. The molecule has 2 rings (SSSR count). The summed E-state index contributed by atoms with van der Waals surface area (Å²) in [4.78, 5) is 23.4. The Balaban J connectivity index is 1.86. The standard InChI is InChI=1S/C15H20N2O3S/c18-14(13-10-21-9-8-16-13)17-12(15(19)20)7-6-11-4-2-1-3-5-11/h1-5,12-13,16H,6-10H2,(H,17,18)(H,19,20)/t12-,13?/m0/s1. The zero-order valence-corrected chi connectivity index (χ0v) is 12.6. The topological polar surface area (TPSA) is 78.4 Å². The molecule has 1 aromatic carbocycles. The highest BCUT2D eigenvalue weighted by molar-refractivity contribution is 7.99. The molecule has 1 heterocycles. The molecular weight excluding hydrogens is 288 g/mol. The van der Waals surface area contributed by atoms with Crippen LogP contribution in [0.3, 0.4) is 0 Å². The van der Waals surface area contributed by atoms with Crippen LogP contribution in [-0.2, 0) is 16.0 Å². The van der Waals surface area contributed by atoms with Crippen LogP contribution in [0.1, 0.15) is 12.0 Å². The van der Waals surface area contributed by atoms with Gasteiger partial charge in [0, 0.05) is 18.1 Å². The lowest BCUT2D eigenvalue weighted by molar-refractivity contribution is -0.142. The van der Waals surface area contributed by atoms with E-state index in [0.29, 0.717) is 18.6 Å². The fourth-order valence-electron chi connectivity index (χ4n) is 2.22. The van der Waals surface area contributed by atoms with Gasteiger partial charge in [0.05, 0.1) is 6.04 Å². The minimum Gasteiger partial charge on any atom is -0.480 e. The molecule has 1 aliphatic rings. The Labute approximate surface area is 128 Å². The maximum Gasteiger partial charge on any atom is 0.326 e. The zero-order valence-electron chi connectivity index (χ0n) is 11.7. The van der Waals surface area contributed by atoms with E-state index in [1.807, 2.05) is 30.3 Å². The second-order valence-electron chi connectivity index (χ2n) is 5.01. The normalized spacial score (nSPS) is 19.7. The van der Waals surface area contributed by atoms with E-state index in [2.05, 4.69) is 10.6 Å². The summed E-state index contributed by atoms with van der Waals surface area (Å²) in [7, 11) is 0. The fourth-order valence-corrected chi connectivity index (χ4v) is 3.15. The molecule has 0 spiro atoms. The van der Waals surface area contributed by atoms with E-state index in [1.54, 1.807) is 11.8 Å². The molecule has 1 aliphatic heterocycles. The number of carbonyl (C=O) groups excluding carboxylic acids is 1. The predicted octanol–water partition coefficient (Wildman–Crippen LogP) is 0.894. The first-order valence-electron chi connectivity index (χ1n) is 7.05. The summed E-state index contributed by atoms with van der Waals surface area (Å²) >= 11 is 1.71. The highest BCUT2D eigenvalue weighted by Crippen LogP contribution is 2.09. The molecule has 21 heavy (non-hydrogen) atoms. The quantitative estimate of drug-likeness (QED) is 0.727. The minimum absolute atomic E-state index is 0.220. The van der Waals surface area contributed by atoms with Crippen molar-refractivity contribution in [2.45, 2.75) is 24.9 Å². The van der Waals surface area contributed by atoms with Crippen LogP contribution in [0.25, 0.3) is 0 Å². The van der Waals surface area contributed by atoms with E-state index in [1.165, 1.54) is 0 Å². The molecule has 2 atom stereocenters. The Kier molecular flexibility index (Phi) is 6.07. The number of thioether (sulfide) groups is 1. The van der Waals surface area contributed by atoms with Crippen molar-refractivity contribution in [3.8, 4) is 0 Å². The summed E-state index contributed by atoms with van der Waals surface area (Å²) in [6.07, 6.45) is 1.02. The van der Waals surface area contributed by atoms with Crippen LogP contribution < -0.4 is 10.6 Å². The number of aliphatic carboxylic acids is 1. The summed E-state index contributed by atoms with van der Waals surface area (Å²) in [5, 5.41) is 15.0. The predicted molar refractivity (Wildman–Crippen MR) is 83.4 cm³/mol. The molecule has 1 fully saturated rings. The van der Waals surface area contributed by atoms with Gasteiger partial charge in [0.2, 0.25) is 5.91 Å². The number of hydrogen-bond acceptors (Lipinski definition) is 4. The molecule has 1 saturated heterocycles. The van der Waals surface area contributed by atoms with Crippen molar-refractivity contribution < 1.29 is 14.7 Å². The van der Waals surface area contributed by atoms with Gasteiger partial charge >= 0.3 is 5.97 Å². The molecule has 5 nitrogen and oxygen atoms in total. The molecule has 1 aromatic rings. The fraction of sp³-hybridized carbons (Fsp3) is 0.467. The summed E-state index contributed by atoms with van der Waals surface area (Å²) in [5.74, 6) is 0.474. The zero-order chi connectivity index (χ0) is 15.1. The third-order valence-electron chi connectivity index (χ3n) is 3.42. The molecule has 1 amide bonds. The third kappa shape index (κ3) is 5.06. The van der Waals surface area contributed by atoms with Gasteiger partial charge in [-0.1, -0.05) is 30.3 Å². The molecule has 0 aliphatic carbocycles. The average Bonchev–Trinajstić information content (AvgIpc) is 2.52. The molecule has 0 radical (unpaired) electrons. The SMILES string of the molecule is O=C(N[C@@H](CCc1ccccc1)C(=O)O)C1CSCCN1. The number of benzene rings is 1. The first-order chi connectivity index (χ1) is 10.2. The van der Waals surface area contributed by atoms with Crippen LogP contribution in [0.5, 0.6) is 0 Å². The van der Waals surface area contributed by atoms with E-state index in [0.717, 1.165) is 17.9 Å². The van der Waals surface area contributed by atoms with Crippen LogP contribution in [0.15, 0.2) is 30.3 Å². The second-order valence-corrected chi connectivity index (χ2v) is 6.16. The molecule has 114 valence electrons. The first kappa shape index (κ1) is 15.9. The Morgan fingerprint density at radius 2 is 2.14 bits per heavy atom. The van der Waals surface area contributed by atoms with Gasteiger partial charge in [-0.05, 0) is 18.4 Å². The van der Waals surface area contributed by atoms with Crippen LogP contribution in [0, 0.1) is 0 Å². The number of carboxylic acid groups (broad SMARTS) is 1. The van der Waals surface area contributed by atoms with Crippen molar-refractivity contribution in [2.24, 2.45) is 0 Å². The number of rotatable bonds is 6. The summed E-state index contributed by atoms with van der Waals surface area (Å²) in [6.45, 7) is 0.782. The Bertz CT molecular complexity index is 475. The van der Waals surface area contributed by atoms with Crippen LogP contribution >= 0.6 is 11.8 Å². The minimum atomic E-state index is -0.984. The second kappa shape index (κ2) is 8.05. The van der Waals surface area contributed by atoms with E-state index >= 15 is 0 Å². The molecule has 0 saturated carbocycles. The van der Waals surface area contributed by atoms with Crippen LogP contribution in [-0.4, -0.2) is 47.1 Å².